The highest BCUT2D eigenvalue weighted by atomic mass is 35.5. The fourth-order valence-corrected chi connectivity index (χ4v) is 1.55. The normalized spacial score (nSPS) is 10.0. The molecule has 16 heavy (non-hydrogen) atoms. The topological polar surface area (TPSA) is 38.3 Å². The number of halogens is 2. The summed E-state index contributed by atoms with van der Waals surface area (Å²) in [4.78, 5) is 11.0. The van der Waals surface area contributed by atoms with Gasteiger partial charge < -0.3 is 10.1 Å². The molecule has 0 radical (unpaired) electrons. The molecular weight excluding hydrogens is 249 g/mol. The second kappa shape index (κ2) is 5.97. The summed E-state index contributed by atoms with van der Waals surface area (Å²) in [7, 11) is 1.58. The van der Waals surface area contributed by atoms with Crippen molar-refractivity contribution in [1.82, 2.24) is 5.32 Å². The number of carbonyl (C=O) groups excluding carboxylic acids is 1. The summed E-state index contributed by atoms with van der Waals surface area (Å²) in [5, 5.41) is 3.31. The zero-order chi connectivity index (χ0) is 12.1. The van der Waals surface area contributed by atoms with Crippen molar-refractivity contribution in [1.29, 1.82) is 0 Å². The number of methoxy groups -OCH3 is 1. The van der Waals surface area contributed by atoms with E-state index < -0.39 is 0 Å². The predicted molar refractivity (Wildman–Crippen MR) is 65.3 cm³/mol. The molecule has 0 aliphatic carbocycles. The number of benzene rings is 1. The van der Waals surface area contributed by atoms with Crippen molar-refractivity contribution in [3.8, 4) is 5.75 Å². The van der Waals surface area contributed by atoms with E-state index in [4.69, 9.17) is 27.9 Å². The molecule has 5 heteroatoms. The van der Waals surface area contributed by atoms with E-state index in [2.05, 4.69) is 5.32 Å². The number of hydrogen-bond donors (Lipinski definition) is 1. The molecule has 0 aliphatic heterocycles. The number of alkyl halides is 1. The van der Waals surface area contributed by atoms with Crippen LogP contribution in [0, 0.1) is 6.92 Å². The van der Waals surface area contributed by atoms with Crippen molar-refractivity contribution in [3.63, 3.8) is 0 Å². The number of hydrogen-bond acceptors (Lipinski definition) is 2. The minimum Gasteiger partial charge on any atom is -0.496 e. The molecule has 0 heterocycles. The van der Waals surface area contributed by atoms with Crippen molar-refractivity contribution in [2.75, 3.05) is 13.0 Å². The zero-order valence-corrected chi connectivity index (χ0v) is 10.7. The van der Waals surface area contributed by atoms with Crippen LogP contribution in [0.15, 0.2) is 12.1 Å². The maximum atomic E-state index is 11.0. The van der Waals surface area contributed by atoms with E-state index in [-0.39, 0.29) is 11.8 Å². The number of nitrogens with one attached hydrogen (secondary N) is 1. The van der Waals surface area contributed by atoms with Gasteiger partial charge in [-0.05, 0) is 24.6 Å². The minimum atomic E-state index is -0.222. The van der Waals surface area contributed by atoms with E-state index in [1.165, 1.54) is 0 Å². The van der Waals surface area contributed by atoms with Crippen LogP contribution in [0.2, 0.25) is 5.02 Å². The monoisotopic (exact) mass is 261 g/mol. The average molecular weight is 262 g/mol. The van der Waals surface area contributed by atoms with Gasteiger partial charge in [0.05, 0.1) is 7.11 Å². The van der Waals surface area contributed by atoms with Gasteiger partial charge in [-0.3, -0.25) is 4.79 Å². The van der Waals surface area contributed by atoms with Crippen molar-refractivity contribution in [3.05, 3.63) is 28.3 Å². The van der Waals surface area contributed by atoms with Gasteiger partial charge in [0.1, 0.15) is 11.6 Å². The number of carbonyl (C=O) groups is 1. The van der Waals surface area contributed by atoms with E-state index >= 15 is 0 Å². The van der Waals surface area contributed by atoms with E-state index in [1.54, 1.807) is 13.2 Å². The smallest absolute Gasteiger partial charge is 0.235 e. The molecule has 0 atom stereocenters. The Labute approximate surface area is 105 Å². The van der Waals surface area contributed by atoms with Crippen LogP contribution in [0.1, 0.15) is 11.1 Å². The summed E-state index contributed by atoms with van der Waals surface area (Å²) >= 11 is 11.4. The first-order valence-electron chi connectivity index (χ1n) is 4.74. The van der Waals surface area contributed by atoms with Crippen molar-refractivity contribution >= 4 is 29.1 Å². The summed E-state index contributed by atoms with van der Waals surface area (Å²) in [6, 6.07) is 3.62. The van der Waals surface area contributed by atoms with E-state index in [9.17, 15) is 4.79 Å². The molecule has 1 N–H and O–H groups in total. The molecule has 0 aliphatic rings. The van der Waals surface area contributed by atoms with Crippen LogP contribution < -0.4 is 10.1 Å². The molecule has 0 unspecified atom stereocenters. The highest BCUT2D eigenvalue weighted by molar-refractivity contribution is 6.31. The van der Waals surface area contributed by atoms with Crippen LogP contribution in [0.25, 0.3) is 0 Å². The maximum Gasteiger partial charge on any atom is 0.235 e. The molecule has 0 spiro atoms. The van der Waals surface area contributed by atoms with Gasteiger partial charge in [0.15, 0.2) is 0 Å². The van der Waals surface area contributed by atoms with E-state index in [1.807, 2.05) is 13.0 Å². The Morgan fingerprint density at radius 2 is 2.19 bits per heavy atom. The van der Waals surface area contributed by atoms with Crippen LogP contribution >= 0.6 is 23.2 Å². The quantitative estimate of drug-likeness (QED) is 0.847. The van der Waals surface area contributed by atoms with Gasteiger partial charge in [-0.2, -0.15) is 0 Å². The summed E-state index contributed by atoms with van der Waals surface area (Å²) < 4.78 is 5.20. The summed E-state index contributed by atoms with van der Waals surface area (Å²) in [6.07, 6.45) is 0. The molecule has 0 fully saturated rings. The largest absolute Gasteiger partial charge is 0.496 e. The van der Waals surface area contributed by atoms with Gasteiger partial charge in [-0.1, -0.05) is 11.6 Å². The van der Waals surface area contributed by atoms with Crippen LogP contribution in [0.3, 0.4) is 0 Å². The van der Waals surface area contributed by atoms with E-state index in [0.717, 1.165) is 11.1 Å². The highest BCUT2D eigenvalue weighted by Gasteiger charge is 2.08. The number of ether oxygens (including phenoxy) is 1. The molecule has 0 aromatic heterocycles. The predicted octanol–water partition coefficient (Wildman–Crippen LogP) is 2.51. The Hall–Kier alpha value is -0.930. The van der Waals surface area contributed by atoms with Gasteiger partial charge in [-0.15, -0.1) is 11.6 Å². The highest BCUT2D eigenvalue weighted by Crippen LogP contribution is 2.26. The molecule has 88 valence electrons. The molecular formula is C11H13Cl2NO2. The Morgan fingerprint density at radius 1 is 1.50 bits per heavy atom. The summed E-state index contributed by atoms with van der Waals surface area (Å²) in [5.41, 5.74) is 1.77. The van der Waals surface area contributed by atoms with Crippen molar-refractivity contribution in [2.24, 2.45) is 0 Å². The second-order valence-corrected chi connectivity index (χ2v) is 4.00. The molecule has 1 rings (SSSR count). The Morgan fingerprint density at radius 3 is 2.75 bits per heavy atom. The molecule has 0 bridgehead atoms. The van der Waals surface area contributed by atoms with Gasteiger partial charge in [0.2, 0.25) is 5.91 Å². The first-order valence-corrected chi connectivity index (χ1v) is 5.65. The first kappa shape index (κ1) is 13.1. The van der Waals surface area contributed by atoms with Crippen LogP contribution in [0.4, 0.5) is 0 Å². The lowest BCUT2D eigenvalue weighted by molar-refractivity contribution is -0.118. The van der Waals surface area contributed by atoms with Crippen LogP contribution in [-0.4, -0.2) is 18.9 Å². The Kier molecular flexibility index (Phi) is 4.90. The van der Waals surface area contributed by atoms with Gasteiger partial charge >= 0.3 is 0 Å². The molecule has 1 amide bonds. The standard InChI is InChI=1S/C11H13Cl2NO2/c1-7-3-10(16-2)8(4-9(7)13)6-14-11(15)5-12/h3-4H,5-6H2,1-2H3,(H,14,15). The fourth-order valence-electron chi connectivity index (χ4n) is 1.27. The molecule has 0 saturated carbocycles. The van der Waals surface area contributed by atoms with Crippen LogP contribution in [0.5, 0.6) is 5.75 Å². The second-order valence-electron chi connectivity index (χ2n) is 3.32. The maximum absolute atomic E-state index is 11.0. The number of rotatable bonds is 4. The summed E-state index contributed by atoms with van der Waals surface area (Å²) in [5.74, 6) is 0.430. The van der Waals surface area contributed by atoms with Crippen molar-refractivity contribution in [2.45, 2.75) is 13.5 Å². The number of amides is 1. The SMILES string of the molecule is COc1cc(C)c(Cl)cc1CNC(=O)CCl. The number of aryl methyl sites for hydroxylation is 1. The van der Waals surface area contributed by atoms with Gasteiger partial charge in [0.25, 0.3) is 0 Å². The molecule has 0 saturated heterocycles. The third-order valence-electron chi connectivity index (χ3n) is 2.16. The molecule has 1 aromatic carbocycles. The zero-order valence-electron chi connectivity index (χ0n) is 9.14. The van der Waals surface area contributed by atoms with Gasteiger partial charge in [0, 0.05) is 17.1 Å². The third-order valence-corrected chi connectivity index (χ3v) is 2.81. The fraction of sp³-hybridized carbons (Fsp3) is 0.364. The average Bonchev–Trinajstić information content (AvgIpc) is 2.29. The van der Waals surface area contributed by atoms with Gasteiger partial charge in [-0.25, -0.2) is 0 Å². The molecule has 3 nitrogen and oxygen atoms in total. The Bertz CT molecular complexity index is 394. The van der Waals surface area contributed by atoms with Crippen molar-refractivity contribution < 1.29 is 9.53 Å². The summed E-state index contributed by atoms with van der Waals surface area (Å²) in [6.45, 7) is 2.25. The Balaban J connectivity index is 2.86. The first-order chi connectivity index (χ1) is 7.58. The third kappa shape index (κ3) is 3.29. The van der Waals surface area contributed by atoms with E-state index in [0.29, 0.717) is 17.3 Å². The lowest BCUT2D eigenvalue weighted by Gasteiger charge is -2.11. The lowest BCUT2D eigenvalue weighted by Crippen LogP contribution is -2.23. The molecule has 1 aromatic rings. The lowest BCUT2D eigenvalue weighted by atomic mass is 10.1. The van der Waals surface area contributed by atoms with Crippen LogP contribution in [-0.2, 0) is 11.3 Å². The minimum absolute atomic E-state index is 0.0537.